The van der Waals surface area contributed by atoms with E-state index in [1.54, 1.807) is 7.11 Å². The minimum atomic E-state index is 0.411. The Morgan fingerprint density at radius 2 is 2.00 bits per heavy atom. The second kappa shape index (κ2) is 6.51. The number of likely N-dealkylation sites (N-methyl/N-ethyl adjacent to an activating group) is 2. The Bertz CT molecular complexity index is 407. The Balaban J connectivity index is 2.23. The third kappa shape index (κ3) is 2.99. The van der Waals surface area contributed by atoms with Crippen molar-refractivity contribution in [2.75, 3.05) is 34.4 Å². The van der Waals surface area contributed by atoms with Gasteiger partial charge in [-0.25, -0.2) is 0 Å². The van der Waals surface area contributed by atoms with Crippen molar-refractivity contribution in [1.29, 1.82) is 0 Å². The highest BCUT2D eigenvalue weighted by atomic mass is 16.5. The van der Waals surface area contributed by atoms with Gasteiger partial charge >= 0.3 is 0 Å². The molecule has 106 valence electrons. The molecule has 1 aliphatic rings. The number of hydrogen-bond donors (Lipinski definition) is 1. The smallest absolute Gasteiger partial charge is 0.0589 e. The summed E-state index contributed by atoms with van der Waals surface area (Å²) in [6, 6.07) is 9.78. The minimum Gasteiger partial charge on any atom is -0.383 e. The molecule has 0 fully saturated rings. The predicted octanol–water partition coefficient (Wildman–Crippen LogP) is 2.40. The van der Waals surface area contributed by atoms with E-state index in [9.17, 15) is 0 Å². The van der Waals surface area contributed by atoms with Crippen LogP contribution in [0.1, 0.15) is 36.4 Å². The number of nitrogens with one attached hydrogen (secondary N) is 1. The lowest BCUT2D eigenvalue weighted by Gasteiger charge is -2.41. The number of ether oxygens (including phenoxy) is 1. The van der Waals surface area contributed by atoms with Crippen LogP contribution in [0.25, 0.3) is 0 Å². The lowest BCUT2D eigenvalue weighted by Crippen LogP contribution is -2.46. The lowest BCUT2D eigenvalue weighted by atomic mass is 9.77. The zero-order valence-corrected chi connectivity index (χ0v) is 12.5. The number of hydrogen-bond acceptors (Lipinski definition) is 3. The standard InChI is InChI=1S/C16H26N2O/c1-12-11-15(18(3)9-10-19-4)16(17-2)14-8-6-5-7-13(12)14/h5-8,12,15-17H,9-11H2,1-4H3. The van der Waals surface area contributed by atoms with Crippen LogP contribution in [0.2, 0.25) is 0 Å². The van der Waals surface area contributed by atoms with E-state index in [2.05, 4.69) is 55.5 Å². The molecule has 3 atom stereocenters. The van der Waals surface area contributed by atoms with Crippen LogP contribution in [-0.4, -0.2) is 45.3 Å². The summed E-state index contributed by atoms with van der Waals surface area (Å²) in [5.74, 6) is 0.621. The lowest BCUT2D eigenvalue weighted by molar-refractivity contribution is 0.112. The van der Waals surface area contributed by atoms with Gasteiger partial charge in [-0.05, 0) is 37.6 Å². The zero-order chi connectivity index (χ0) is 13.8. The third-order valence-corrected chi connectivity index (χ3v) is 4.37. The Labute approximate surface area is 116 Å². The number of rotatable bonds is 5. The molecule has 0 bridgehead atoms. The van der Waals surface area contributed by atoms with Crippen molar-refractivity contribution >= 4 is 0 Å². The molecule has 19 heavy (non-hydrogen) atoms. The fourth-order valence-electron chi connectivity index (χ4n) is 3.26. The summed E-state index contributed by atoms with van der Waals surface area (Å²) < 4.78 is 5.21. The van der Waals surface area contributed by atoms with E-state index in [1.807, 2.05) is 0 Å². The first-order valence-corrected chi connectivity index (χ1v) is 7.14. The van der Waals surface area contributed by atoms with Gasteiger partial charge in [0.1, 0.15) is 0 Å². The normalized spacial score (nSPS) is 26.5. The van der Waals surface area contributed by atoms with Crippen LogP contribution < -0.4 is 5.32 Å². The molecule has 0 saturated carbocycles. The molecule has 0 saturated heterocycles. The quantitative estimate of drug-likeness (QED) is 0.882. The monoisotopic (exact) mass is 262 g/mol. The van der Waals surface area contributed by atoms with Crippen LogP contribution in [0.5, 0.6) is 0 Å². The van der Waals surface area contributed by atoms with Gasteiger partial charge in [-0.2, -0.15) is 0 Å². The highest BCUT2D eigenvalue weighted by Gasteiger charge is 2.34. The molecule has 1 N–H and O–H groups in total. The molecule has 0 aliphatic heterocycles. The van der Waals surface area contributed by atoms with Crippen molar-refractivity contribution in [2.45, 2.75) is 31.3 Å². The van der Waals surface area contributed by atoms with Crippen molar-refractivity contribution in [1.82, 2.24) is 10.2 Å². The zero-order valence-electron chi connectivity index (χ0n) is 12.5. The molecule has 1 aliphatic carbocycles. The first-order chi connectivity index (χ1) is 9.19. The van der Waals surface area contributed by atoms with Gasteiger partial charge in [-0.1, -0.05) is 31.2 Å². The van der Waals surface area contributed by atoms with Crippen LogP contribution in [0.4, 0.5) is 0 Å². The van der Waals surface area contributed by atoms with Crippen LogP contribution >= 0.6 is 0 Å². The molecule has 1 aromatic carbocycles. The SMILES string of the molecule is CNC1c2ccccc2C(C)CC1N(C)CCOC. The summed E-state index contributed by atoms with van der Waals surface area (Å²) in [6.45, 7) is 4.11. The van der Waals surface area contributed by atoms with Gasteiger partial charge in [-0.15, -0.1) is 0 Å². The Hall–Kier alpha value is -0.900. The number of nitrogens with zero attached hydrogens (tertiary/aromatic N) is 1. The summed E-state index contributed by atoms with van der Waals surface area (Å²) >= 11 is 0. The molecule has 0 radical (unpaired) electrons. The van der Waals surface area contributed by atoms with E-state index >= 15 is 0 Å². The van der Waals surface area contributed by atoms with E-state index in [-0.39, 0.29) is 0 Å². The van der Waals surface area contributed by atoms with Crippen LogP contribution in [-0.2, 0) is 4.74 Å². The Kier molecular flexibility index (Phi) is 4.97. The van der Waals surface area contributed by atoms with E-state index in [4.69, 9.17) is 4.74 Å². The number of benzene rings is 1. The van der Waals surface area contributed by atoms with Crippen LogP contribution in [0.15, 0.2) is 24.3 Å². The van der Waals surface area contributed by atoms with Gasteiger partial charge in [-0.3, -0.25) is 4.90 Å². The molecule has 3 heteroatoms. The molecule has 3 unspecified atom stereocenters. The molecular weight excluding hydrogens is 236 g/mol. The van der Waals surface area contributed by atoms with Gasteiger partial charge in [0.05, 0.1) is 6.61 Å². The van der Waals surface area contributed by atoms with Crippen LogP contribution in [0.3, 0.4) is 0 Å². The minimum absolute atomic E-state index is 0.411. The topological polar surface area (TPSA) is 24.5 Å². The Morgan fingerprint density at radius 3 is 2.63 bits per heavy atom. The third-order valence-electron chi connectivity index (χ3n) is 4.37. The van der Waals surface area contributed by atoms with Crippen molar-refractivity contribution < 1.29 is 4.74 Å². The first kappa shape index (κ1) is 14.5. The summed E-state index contributed by atoms with van der Waals surface area (Å²) in [6.07, 6.45) is 1.20. The Morgan fingerprint density at radius 1 is 1.32 bits per heavy atom. The fraction of sp³-hybridized carbons (Fsp3) is 0.625. The maximum absolute atomic E-state index is 5.21. The van der Waals surface area contributed by atoms with Gasteiger partial charge in [0.25, 0.3) is 0 Å². The molecule has 0 spiro atoms. The maximum Gasteiger partial charge on any atom is 0.0589 e. The molecule has 0 heterocycles. The summed E-state index contributed by atoms with van der Waals surface area (Å²) in [4.78, 5) is 2.43. The average Bonchev–Trinajstić information content (AvgIpc) is 2.44. The second-order valence-electron chi connectivity index (χ2n) is 5.57. The molecule has 1 aromatic rings. The predicted molar refractivity (Wildman–Crippen MR) is 79.6 cm³/mol. The molecule has 2 rings (SSSR count). The number of fused-ring (bicyclic) bond motifs is 1. The van der Waals surface area contributed by atoms with Gasteiger partial charge in [0.2, 0.25) is 0 Å². The maximum atomic E-state index is 5.21. The molecule has 0 amide bonds. The van der Waals surface area contributed by atoms with E-state index in [1.165, 1.54) is 17.5 Å². The van der Waals surface area contributed by atoms with Crippen molar-refractivity contribution in [3.63, 3.8) is 0 Å². The second-order valence-corrected chi connectivity index (χ2v) is 5.57. The summed E-state index contributed by atoms with van der Waals surface area (Å²) in [7, 11) is 6.03. The van der Waals surface area contributed by atoms with Gasteiger partial charge < -0.3 is 10.1 Å². The molecule has 3 nitrogen and oxygen atoms in total. The highest BCUT2D eigenvalue weighted by molar-refractivity contribution is 5.36. The van der Waals surface area contributed by atoms with Crippen LogP contribution in [0, 0.1) is 0 Å². The van der Waals surface area contributed by atoms with Crippen molar-refractivity contribution in [3.05, 3.63) is 35.4 Å². The summed E-state index contributed by atoms with van der Waals surface area (Å²) in [5, 5.41) is 3.51. The van der Waals surface area contributed by atoms with Gasteiger partial charge in [0.15, 0.2) is 0 Å². The van der Waals surface area contributed by atoms with Gasteiger partial charge in [0, 0.05) is 25.7 Å². The first-order valence-electron chi connectivity index (χ1n) is 7.14. The van der Waals surface area contributed by atoms with Crippen molar-refractivity contribution in [2.24, 2.45) is 0 Å². The number of methoxy groups -OCH3 is 1. The fourth-order valence-corrected chi connectivity index (χ4v) is 3.26. The highest BCUT2D eigenvalue weighted by Crippen LogP contribution is 2.38. The van der Waals surface area contributed by atoms with E-state index in [0.29, 0.717) is 18.0 Å². The average molecular weight is 262 g/mol. The molecule has 0 aromatic heterocycles. The largest absolute Gasteiger partial charge is 0.383 e. The van der Waals surface area contributed by atoms with E-state index < -0.39 is 0 Å². The van der Waals surface area contributed by atoms with Crippen molar-refractivity contribution in [3.8, 4) is 0 Å². The summed E-state index contributed by atoms with van der Waals surface area (Å²) in [5.41, 5.74) is 2.95. The molecular formula is C16H26N2O. The van der Waals surface area contributed by atoms with E-state index in [0.717, 1.165) is 13.2 Å².